The van der Waals surface area contributed by atoms with E-state index < -0.39 is 35.9 Å². The molecule has 0 saturated carbocycles. The topological polar surface area (TPSA) is 191 Å². The van der Waals surface area contributed by atoms with Crippen molar-refractivity contribution < 1.29 is 50.7 Å². The maximum Gasteiger partial charge on any atom is 0.135 e. The summed E-state index contributed by atoms with van der Waals surface area (Å²) in [6, 6.07) is 29.0. The van der Waals surface area contributed by atoms with E-state index in [9.17, 15) is 46.0 Å². The minimum atomic E-state index is -1.27. The Bertz CT molecular complexity index is 2280. The lowest BCUT2D eigenvalue weighted by atomic mass is 9.71. The zero-order valence-electron chi connectivity index (χ0n) is 27.4. The Balaban J connectivity index is 1.43. The van der Waals surface area contributed by atoms with E-state index in [-0.39, 0.29) is 46.0 Å². The molecule has 1 aliphatic carbocycles. The summed E-state index contributed by atoms with van der Waals surface area (Å²) in [4.78, 5) is 0. The third kappa shape index (κ3) is 5.50. The largest absolute Gasteiger partial charge is 0.508 e. The number of hydrogen-bond acceptors (Lipinski definition) is 10. The van der Waals surface area contributed by atoms with Gasteiger partial charge >= 0.3 is 0 Å². The number of benzene rings is 6. The second-order valence-electron chi connectivity index (χ2n) is 13.5. The fraction of sp³-hybridized carbons (Fsp3) is 0.143. The normalized spacial score (nSPS) is 20.9. The molecule has 6 atom stereocenters. The van der Waals surface area contributed by atoms with E-state index >= 15 is 0 Å². The maximum absolute atomic E-state index is 12.3. The van der Waals surface area contributed by atoms with Gasteiger partial charge < -0.3 is 50.7 Å². The van der Waals surface area contributed by atoms with Gasteiger partial charge in [-0.1, -0.05) is 36.4 Å². The van der Waals surface area contributed by atoms with E-state index in [1.165, 1.54) is 72.8 Å². The summed E-state index contributed by atoms with van der Waals surface area (Å²) in [5.41, 5.74) is 4.19. The average molecular weight is 699 g/mol. The van der Waals surface area contributed by atoms with Crippen LogP contribution in [0.1, 0.15) is 80.4 Å². The molecule has 52 heavy (non-hydrogen) atoms. The van der Waals surface area contributed by atoms with E-state index in [2.05, 4.69) is 0 Å². The van der Waals surface area contributed by atoms with Crippen LogP contribution in [0.5, 0.6) is 51.7 Å². The number of phenolic OH excluding ortho intramolecular Hbond substituents is 8. The molecule has 0 saturated heterocycles. The molecule has 262 valence electrons. The van der Waals surface area contributed by atoms with Gasteiger partial charge in [0.1, 0.15) is 57.8 Å². The number of fused-ring (bicyclic) bond motifs is 2. The highest BCUT2D eigenvalue weighted by Gasteiger charge is 2.51. The van der Waals surface area contributed by atoms with Gasteiger partial charge in [-0.05, 0) is 94.0 Å². The van der Waals surface area contributed by atoms with Gasteiger partial charge in [0.15, 0.2) is 0 Å². The number of ether oxygens (including phenoxy) is 1. The Hall–Kier alpha value is -6.52. The average Bonchev–Trinajstić information content (AvgIpc) is 3.65. The second-order valence-corrected chi connectivity index (χ2v) is 13.5. The number of aromatic hydroxyl groups is 8. The van der Waals surface area contributed by atoms with E-state index in [1.807, 2.05) is 0 Å². The second kappa shape index (κ2) is 12.4. The van der Waals surface area contributed by atoms with Gasteiger partial charge in [-0.3, -0.25) is 0 Å². The summed E-state index contributed by atoms with van der Waals surface area (Å²) < 4.78 is 6.61. The monoisotopic (exact) mass is 698 g/mol. The van der Waals surface area contributed by atoms with Crippen LogP contribution in [-0.2, 0) is 0 Å². The zero-order valence-corrected chi connectivity index (χ0v) is 27.4. The lowest BCUT2D eigenvalue weighted by Crippen LogP contribution is -2.20. The molecular formula is C42H34O10. The summed E-state index contributed by atoms with van der Waals surface area (Å²) in [6.45, 7) is 0. The van der Waals surface area contributed by atoms with E-state index in [0.29, 0.717) is 50.3 Å². The molecule has 1 aliphatic heterocycles. The molecule has 0 bridgehead atoms. The fourth-order valence-corrected chi connectivity index (χ4v) is 8.27. The van der Waals surface area contributed by atoms with Crippen LogP contribution in [0.25, 0.3) is 0 Å². The highest BCUT2D eigenvalue weighted by molar-refractivity contribution is 5.65. The quantitative estimate of drug-likeness (QED) is 0.0850. The minimum absolute atomic E-state index is 0.00277. The van der Waals surface area contributed by atoms with Crippen molar-refractivity contribution in [2.45, 2.75) is 35.9 Å². The lowest BCUT2D eigenvalue weighted by Gasteiger charge is -2.32. The molecule has 0 unspecified atom stereocenters. The smallest absolute Gasteiger partial charge is 0.135 e. The molecule has 10 heteroatoms. The standard InChI is InChI=1S/C42H34O10/c43-24-7-1-20(2-8-24)35-37-31(16-29(48)18-33(37)50)40(41(51)21-3-9-25(44)10-4-21)39(35)32-17-30(49)19-34-38(32)36(23-13-27(46)15-28(47)14-23)42(52-34)22-5-11-26(45)12-6-22/h1-19,35-36,39-51H/t35-,36-,39-,40+,41+,42+/m1/s1. The Morgan fingerprint density at radius 3 is 1.58 bits per heavy atom. The van der Waals surface area contributed by atoms with Crippen LogP contribution in [0.2, 0.25) is 0 Å². The molecular weight excluding hydrogens is 664 g/mol. The first-order chi connectivity index (χ1) is 25.0. The molecule has 2 aliphatic rings. The molecule has 0 spiro atoms. The predicted molar refractivity (Wildman–Crippen MR) is 189 cm³/mol. The molecule has 0 amide bonds. The van der Waals surface area contributed by atoms with Crippen molar-refractivity contribution in [2.75, 3.05) is 0 Å². The van der Waals surface area contributed by atoms with E-state index in [4.69, 9.17) is 4.74 Å². The number of hydrogen-bond donors (Lipinski definition) is 9. The molecule has 8 rings (SSSR count). The fourth-order valence-electron chi connectivity index (χ4n) is 8.27. The van der Waals surface area contributed by atoms with Gasteiger partial charge in [0.25, 0.3) is 0 Å². The number of aliphatic hydroxyl groups is 1. The number of aliphatic hydroxyl groups excluding tert-OH is 1. The maximum atomic E-state index is 12.3. The Labute approximate surface area is 297 Å². The molecule has 0 radical (unpaired) electrons. The van der Waals surface area contributed by atoms with Crippen LogP contribution < -0.4 is 4.74 Å². The van der Waals surface area contributed by atoms with Gasteiger partial charge in [0.05, 0.1) is 12.0 Å². The van der Waals surface area contributed by atoms with Crippen LogP contribution in [0, 0.1) is 0 Å². The van der Waals surface area contributed by atoms with Crippen LogP contribution in [0.4, 0.5) is 0 Å². The van der Waals surface area contributed by atoms with Gasteiger partial charge in [-0.2, -0.15) is 0 Å². The molecule has 9 N–H and O–H groups in total. The summed E-state index contributed by atoms with van der Waals surface area (Å²) in [5.74, 6) is -3.73. The Kier molecular flexibility index (Phi) is 7.77. The first-order valence-electron chi connectivity index (χ1n) is 16.6. The van der Waals surface area contributed by atoms with Crippen molar-refractivity contribution in [3.63, 3.8) is 0 Å². The summed E-state index contributed by atoms with van der Waals surface area (Å²) in [6.07, 6.45) is -2.05. The molecule has 6 aromatic carbocycles. The van der Waals surface area contributed by atoms with Crippen LogP contribution in [0.15, 0.2) is 115 Å². The van der Waals surface area contributed by atoms with Crippen LogP contribution in [0.3, 0.4) is 0 Å². The molecule has 1 heterocycles. The van der Waals surface area contributed by atoms with E-state index in [0.717, 1.165) is 0 Å². The predicted octanol–water partition coefficient (Wildman–Crippen LogP) is 7.34. The number of phenols is 8. The first-order valence-corrected chi connectivity index (χ1v) is 16.6. The minimum Gasteiger partial charge on any atom is -0.508 e. The molecule has 10 nitrogen and oxygen atoms in total. The SMILES string of the molecule is Oc1ccc([C@@H]2c3c(O)cc(O)cc3[C@H]([C@@H](O)c3ccc(O)cc3)[C@@H]2c2cc(O)cc3c2[C@@H](c2cc(O)cc(O)c2)[C@H](c2ccc(O)cc2)O3)cc1. The first kappa shape index (κ1) is 32.7. The highest BCUT2D eigenvalue weighted by Crippen LogP contribution is 2.65. The summed E-state index contributed by atoms with van der Waals surface area (Å²) in [7, 11) is 0. The molecule has 6 aromatic rings. The van der Waals surface area contributed by atoms with Crippen molar-refractivity contribution in [3.05, 3.63) is 160 Å². The van der Waals surface area contributed by atoms with Crippen molar-refractivity contribution in [3.8, 4) is 51.7 Å². The summed E-state index contributed by atoms with van der Waals surface area (Å²) in [5, 5.41) is 97.8. The molecule has 0 aromatic heterocycles. The van der Waals surface area contributed by atoms with Gasteiger partial charge in [0, 0.05) is 47.1 Å². The van der Waals surface area contributed by atoms with Crippen LogP contribution >= 0.6 is 0 Å². The Morgan fingerprint density at radius 1 is 0.442 bits per heavy atom. The van der Waals surface area contributed by atoms with Gasteiger partial charge in [-0.15, -0.1) is 0 Å². The zero-order chi connectivity index (χ0) is 36.4. The third-order valence-electron chi connectivity index (χ3n) is 10.3. The van der Waals surface area contributed by atoms with Crippen molar-refractivity contribution in [1.29, 1.82) is 0 Å². The third-order valence-corrected chi connectivity index (χ3v) is 10.3. The lowest BCUT2D eigenvalue weighted by molar-refractivity contribution is 0.134. The number of rotatable bonds is 6. The highest BCUT2D eigenvalue weighted by atomic mass is 16.5. The Morgan fingerprint density at radius 2 is 0.962 bits per heavy atom. The van der Waals surface area contributed by atoms with E-state index in [1.54, 1.807) is 42.5 Å². The van der Waals surface area contributed by atoms with Crippen molar-refractivity contribution in [1.82, 2.24) is 0 Å². The van der Waals surface area contributed by atoms with Crippen molar-refractivity contribution in [2.24, 2.45) is 0 Å². The molecule has 0 fully saturated rings. The van der Waals surface area contributed by atoms with Gasteiger partial charge in [0.2, 0.25) is 0 Å². The van der Waals surface area contributed by atoms with Crippen LogP contribution in [-0.4, -0.2) is 46.0 Å². The van der Waals surface area contributed by atoms with Gasteiger partial charge in [-0.25, -0.2) is 0 Å². The summed E-state index contributed by atoms with van der Waals surface area (Å²) >= 11 is 0. The van der Waals surface area contributed by atoms with Crippen molar-refractivity contribution >= 4 is 0 Å².